The highest BCUT2D eigenvalue weighted by Crippen LogP contribution is 2.16. The van der Waals surface area contributed by atoms with E-state index in [1.807, 2.05) is 30.3 Å². The van der Waals surface area contributed by atoms with Gasteiger partial charge in [0.1, 0.15) is 0 Å². The summed E-state index contributed by atoms with van der Waals surface area (Å²) in [6.07, 6.45) is 3.56. The van der Waals surface area contributed by atoms with Crippen LogP contribution in [0.1, 0.15) is 12.5 Å². The van der Waals surface area contributed by atoms with Gasteiger partial charge >= 0.3 is 0 Å². The Balaban J connectivity index is 1.64. The number of nitrogens with one attached hydrogen (secondary N) is 1. The van der Waals surface area contributed by atoms with Crippen molar-refractivity contribution < 1.29 is 0 Å². The van der Waals surface area contributed by atoms with Crippen molar-refractivity contribution in [1.29, 1.82) is 0 Å². The van der Waals surface area contributed by atoms with Gasteiger partial charge in [-0.15, -0.1) is 0 Å². The number of aromatic nitrogens is 2. The number of hydrogen-bond acceptors (Lipinski definition) is 4. The molecule has 2 heterocycles. The molecule has 1 aromatic carbocycles. The number of rotatable bonds is 4. The molecule has 6 nitrogen and oxygen atoms in total. The van der Waals surface area contributed by atoms with Gasteiger partial charge in [0.05, 0.1) is 6.54 Å². The van der Waals surface area contributed by atoms with Gasteiger partial charge in [-0.3, -0.25) is 0 Å². The summed E-state index contributed by atoms with van der Waals surface area (Å²) < 4.78 is 0. The van der Waals surface area contributed by atoms with Crippen LogP contribution in [0, 0.1) is 0 Å². The van der Waals surface area contributed by atoms with E-state index in [1.54, 1.807) is 12.4 Å². The van der Waals surface area contributed by atoms with E-state index in [4.69, 9.17) is 16.6 Å². The zero-order chi connectivity index (χ0) is 17.5. The van der Waals surface area contributed by atoms with Crippen LogP contribution in [-0.4, -0.2) is 53.6 Å². The lowest BCUT2D eigenvalue weighted by molar-refractivity contribution is 0.370. The molecular formula is C18H23ClN6. The van der Waals surface area contributed by atoms with Crippen LogP contribution in [0.3, 0.4) is 0 Å². The summed E-state index contributed by atoms with van der Waals surface area (Å²) in [5, 5.41) is 4.14. The third-order valence-electron chi connectivity index (χ3n) is 4.11. The number of anilines is 1. The van der Waals surface area contributed by atoms with Gasteiger partial charge in [0.15, 0.2) is 5.96 Å². The van der Waals surface area contributed by atoms with Gasteiger partial charge in [-0.2, -0.15) is 0 Å². The SMILES string of the molecule is CCNC(=NCc1ccccc1Cl)N1CCN(c2ncccn2)CC1. The maximum atomic E-state index is 6.23. The van der Waals surface area contributed by atoms with Gasteiger partial charge in [-0.25, -0.2) is 15.0 Å². The molecule has 1 fully saturated rings. The highest BCUT2D eigenvalue weighted by Gasteiger charge is 2.21. The molecule has 3 rings (SSSR count). The second-order valence-electron chi connectivity index (χ2n) is 5.78. The molecule has 1 N–H and O–H groups in total. The number of nitrogens with zero attached hydrogens (tertiary/aromatic N) is 5. The number of hydrogen-bond donors (Lipinski definition) is 1. The van der Waals surface area contributed by atoms with E-state index in [-0.39, 0.29) is 0 Å². The molecule has 25 heavy (non-hydrogen) atoms. The van der Waals surface area contributed by atoms with Gasteiger partial charge in [0.2, 0.25) is 5.95 Å². The highest BCUT2D eigenvalue weighted by atomic mass is 35.5. The predicted molar refractivity (Wildman–Crippen MR) is 102 cm³/mol. The molecule has 0 atom stereocenters. The third-order valence-corrected chi connectivity index (χ3v) is 4.47. The van der Waals surface area contributed by atoms with Crippen molar-refractivity contribution in [2.45, 2.75) is 13.5 Å². The van der Waals surface area contributed by atoms with Crippen LogP contribution >= 0.6 is 11.6 Å². The molecule has 2 aromatic rings. The summed E-state index contributed by atoms with van der Waals surface area (Å²) >= 11 is 6.23. The zero-order valence-corrected chi connectivity index (χ0v) is 15.2. The van der Waals surface area contributed by atoms with E-state index in [0.29, 0.717) is 6.54 Å². The van der Waals surface area contributed by atoms with Crippen molar-refractivity contribution in [1.82, 2.24) is 20.2 Å². The van der Waals surface area contributed by atoms with Crippen LogP contribution in [0.2, 0.25) is 5.02 Å². The molecular weight excluding hydrogens is 336 g/mol. The smallest absolute Gasteiger partial charge is 0.225 e. The quantitative estimate of drug-likeness (QED) is 0.672. The molecule has 0 aliphatic carbocycles. The van der Waals surface area contributed by atoms with Crippen molar-refractivity contribution in [3.63, 3.8) is 0 Å². The maximum Gasteiger partial charge on any atom is 0.225 e. The molecule has 1 aliphatic heterocycles. The average Bonchev–Trinajstić information content (AvgIpc) is 2.67. The molecule has 0 amide bonds. The van der Waals surface area contributed by atoms with Crippen LogP contribution in [0.15, 0.2) is 47.7 Å². The fraction of sp³-hybridized carbons (Fsp3) is 0.389. The molecule has 0 bridgehead atoms. The van der Waals surface area contributed by atoms with Gasteiger partial charge < -0.3 is 15.1 Å². The Kier molecular flexibility index (Phi) is 6.06. The predicted octanol–water partition coefficient (Wildman–Crippen LogP) is 2.42. The van der Waals surface area contributed by atoms with Crippen molar-refractivity contribution in [2.75, 3.05) is 37.6 Å². The standard InChI is InChI=1S/C18H23ClN6/c1-2-20-17(23-14-15-6-3-4-7-16(15)19)24-10-12-25(13-11-24)18-21-8-5-9-22-18/h3-9H,2,10-14H2,1H3,(H,20,23). The Morgan fingerprint density at radius 2 is 1.84 bits per heavy atom. The van der Waals surface area contributed by atoms with Crippen LogP contribution in [0.5, 0.6) is 0 Å². The monoisotopic (exact) mass is 358 g/mol. The first kappa shape index (κ1) is 17.5. The maximum absolute atomic E-state index is 6.23. The molecule has 0 spiro atoms. The Morgan fingerprint density at radius 3 is 2.52 bits per heavy atom. The summed E-state index contributed by atoms with van der Waals surface area (Å²) in [4.78, 5) is 17.9. The van der Waals surface area contributed by atoms with E-state index in [2.05, 4.69) is 32.0 Å². The van der Waals surface area contributed by atoms with Crippen LogP contribution < -0.4 is 10.2 Å². The first-order valence-electron chi connectivity index (χ1n) is 8.56. The number of halogens is 1. The molecule has 0 saturated carbocycles. The van der Waals surface area contributed by atoms with Crippen molar-refractivity contribution in [2.24, 2.45) is 4.99 Å². The lowest BCUT2D eigenvalue weighted by atomic mass is 10.2. The number of guanidine groups is 1. The van der Waals surface area contributed by atoms with Gasteiger partial charge in [-0.1, -0.05) is 29.8 Å². The minimum absolute atomic E-state index is 0.573. The first-order valence-corrected chi connectivity index (χ1v) is 8.94. The number of aliphatic imine (C=N–C) groups is 1. The zero-order valence-electron chi connectivity index (χ0n) is 14.4. The van der Waals surface area contributed by atoms with Gasteiger partial charge in [-0.05, 0) is 24.6 Å². The van der Waals surface area contributed by atoms with E-state index in [0.717, 1.165) is 55.2 Å². The van der Waals surface area contributed by atoms with Gasteiger partial charge in [0, 0.05) is 50.1 Å². The average molecular weight is 359 g/mol. The van der Waals surface area contributed by atoms with E-state index >= 15 is 0 Å². The normalized spacial score (nSPS) is 15.4. The fourth-order valence-electron chi connectivity index (χ4n) is 2.79. The Hall–Kier alpha value is -2.34. The Bertz CT molecular complexity index is 698. The van der Waals surface area contributed by atoms with E-state index in [1.165, 1.54) is 0 Å². The highest BCUT2D eigenvalue weighted by molar-refractivity contribution is 6.31. The molecule has 1 saturated heterocycles. The summed E-state index contributed by atoms with van der Waals surface area (Å²) in [6, 6.07) is 9.68. The van der Waals surface area contributed by atoms with Crippen molar-refractivity contribution in [3.05, 3.63) is 53.3 Å². The van der Waals surface area contributed by atoms with Gasteiger partial charge in [0.25, 0.3) is 0 Å². The molecule has 132 valence electrons. The number of benzene rings is 1. The molecule has 1 aromatic heterocycles. The lowest BCUT2D eigenvalue weighted by Crippen LogP contribution is -2.52. The third kappa shape index (κ3) is 4.60. The van der Waals surface area contributed by atoms with E-state index < -0.39 is 0 Å². The summed E-state index contributed by atoms with van der Waals surface area (Å²) in [6.45, 7) is 7.01. The number of piperazine rings is 1. The first-order chi connectivity index (χ1) is 12.3. The topological polar surface area (TPSA) is 56.7 Å². The Labute approximate surface area is 153 Å². The largest absolute Gasteiger partial charge is 0.357 e. The van der Waals surface area contributed by atoms with Crippen LogP contribution in [0.25, 0.3) is 0 Å². The summed E-state index contributed by atoms with van der Waals surface area (Å²) in [5.41, 5.74) is 1.04. The minimum Gasteiger partial charge on any atom is -0.357 e. The molecule has 0 unspecified atom stereocenters. The minimum atomic E-state index is 0.573. The summed E-state index contributed by atoms with van der Waals surface area (Å²) in [5.74, 6) is 1.72. The second-order valence-corrected chi connectivity index (χ2v) is 6.19. The van der Waals surface area contributed by atoms with Crippen LogP contribution in [0.4, 0.5) is 5.95 Å². The molecule has 0 radical (unpaired) electrons. The second kappa shape index (κ2) is 8.67. The van der Waals surface area contributed by atoms with Crippen molar-refractivity contribution >= 4 is 23.5 Å². The van der Waals surface area contributed by atoms with Crippen LogP contribution in [-0.2, 0) is 6.54 Å². The summed E-state index contributed by atoms with van der Waals surface area (Å²) in [7, 11) is 0. The lowest BCUT2D eigenvalue weighted by Gasteiger charge is -2.36. The van der Waals surface area contributed by atoms with E-state index in [9.17, 15) is 0 Å². The van der Waals surface area contributed by atoms with Crippen molar-refractivity contribution in [3.8, 4) is 0 Å². The fourth-order valence-corrected chi connectivity index (χ4v) is 2.98. The molecule has 7 heteroatoms. The molecule has 1 aliphatic rings. The Morgan fingerprint density at radius 1 is 1.12 bits per heavy atom.